The first-order chi connectivity index (χ1) is 15.6. The maximum atomic E-state index is 13.8. The Kier molecular flexibility index (Phi) is 5.34. The molecule has 164 valence electrons. The van der Waals surface area contributed by atoms with Crippen molar-refractivity contribution in [2.75, 3.05) is 13.1 Å². The summed E-state index contributed by atoms with van der Waals surface area (Å²) < 4.78 is 17.3. The normalized spacial score (nSPS) is 17.6. The van der Waals surface area contributed by atoms with Crippen molar-refractivity contribution >= 4 is 11.6 Å². The van der Waals surface area contributed by atoms with Crippen LogP contribution in [0.4, 0.5) is 4.39 Å². The van der Waals surface area contributed by atoms with Gasteiger partial charge in [0, 0.05) is 31.6 Å². The second kappa shape index (κ2) is 8.45. The molecule has 1 amide bonds. The third-order valence-corrected chi connectivity index (χ3v) is 5.99. The summed E-state index contributed by atoms with van der Waals surface area (Å²) >= 11 is 0. The quantitative estimate of drug-likeness (QED) is 0.479. The first-order valence-corrected chi connectivity index (χ1v) is 10.7. The van der Waals surface area contributed by atoms with Crippen LogP contribution >= 0.6 is 0 Å². The second-order valence-corrected chi connectivity index (χ2v) is 8.13. The standard InChI is InChI=1S/C22H23FN8O/c1-15-24-27-28-31(15)19(13-16-6-4-8-18(23)12-16)22(32)29-10-5-7-17(14-29)21-26-25-20-9-2-3-11-30(20)21/h2-4,6,8-9,11-12,17,19H,5,7,10,13-14H2,1H3/t17-,19+/m0/s1. The molecule has 1 aromatic carbocycles. The third-order valence-electron chi connectivity index (χ3n) is 5.99. The van der Waals surface area contributed by atoms with Gasteiger partial charge in [-0.15, -0.1) is 15.3 Å². The molecule has 10 heteroatoms. The lowest BCUT2D eigenvalue weighted by molar-refractivity contribution is -0.136. The number of amides is 1. The van der Waals surface area contributed by atoms with Gasteiger partial charge >= 0.3 is 0 Å². The fourth-order valence-electron chi connectivity index (χ4n) is 4.43. The van der Waals surface area contributed by atoms with Crippen LogP contribution in [-0.4, -0.2) is 58.7 Å². The van der Waals surface area contributed by atoms with Gasteiger partial charge in [-0.1, -0.05) is 18.2 Å². The molecule has 2 atom stereocenters. The summed E-state index contributed by atoms with van der Waals surface area (Å²) in [6.07, 6.45) is 4.04. The van der Waals surface area contributed by atoms with Gasteiger partial charge in [-0.3, -0.25) is 9.20 Å². The number of hydrogen-bond acceptors (Lipinski definition) is 6. The van der Waals surface area contributed by atoms with E-state index in [1.54, 1.807) is 13.0 Å². The SMILES string of the molecule is Cc1nnnn1[C@H](Cc1cccc(F)c1)C(=O)N1CCC[C@H](c2nnc3ccccn23)C1. The highest BCUT2D eigenvalue weighted by Crippen LogP contribution is 2.28. The van der Waals surface area contributed by atoms with E-state index in [1.165, 1.54) is 16.8 Å². The van der Waals surface area contributed by atoms with Crippen LogP contribution in [-0.2, 0) is 11.2 Å². The zero-order chi connectivity index (χ0) is 22.1. The van der Waals surface area contributed by atoms with E-state index >= 15 is 0 Å². The van der Waals surface area contributed by atoms with Crippen molar-refractivity contribution in [3.05, 3.63) is 71.7 Å². The minimum Gasteiger partial charge on any atom is -0.340 e. The van der Waals surface area contributed by atoms with Gasteiger partial charge in [-0.05, 0) is 60.0 Å². The minimum atomic E-state index is -0.652. The maximum absolute atomic E-state index is 13.8. The van der Waals surface area contributed by atoms with E-state index in [2.05, 4.69) is 25.7 Å². The molecule has 9 nitrogen and oxygen atoms in total. The van der Waals surface area contributed by atoms with Crippen LogP contribution in [0.15, 0.2) is 48.7 Å². The van der Waals surface area contributed by atoms with E-state index in [1.807, 2.05) is 39.8 Å². The molecular weight excluding hydrogens is 411 g/mol. The molecule has 0 N–H and O–H groups in total. The summed E-state index contributed by atoms with van der Waals surface area (Å²) in [5.41, 5.74) is 1.51. The average molecular weight is 434 g/mol. The van der Waals surface area contributed by atoms with Gasteiger partial charge < -0.3 is 4.90 Å². The topological polar surface area (TPSA) is 94.1 Å². The van der Waals surface area contributed by atoms with Crippen molar-refractivity contribution in [2.24, 2.45) is 0 Å². The molecule has 0 bridgehead atoms. The van der Waals surface area contributed by atoms with Crippen LogP contribution in [0, 0.1) is 12.7 Å². The number of carbonyl (C=O) groups is 1. The molecule has 3 aromatic heterocycles. The Labute approximate surface area is 183 Å². The number of pyridine rings is 1. The number of halogens is 1. The molecule has 0 unspecified atom stereocenters. The van der Waals surface area contributed by atoms with Crippen LogP contribution in [0.5, 0.6) is 0 Å². The summed E-state index contributed by atoms with van der Waals surface area (Å²) in [7, 11) is 0. The first kappa shape index (κ1) is 20.2. The average Bonchev–Trinajstić information content (AvgIpc) is 3.43. The molecule has 1 fully saturated rings. The van der Waals surface area contributed by atoms with Crippen LogP contribution in [0.2, 0.25) is 0 Å². The monoisotopic (exact) mass is 434 g/mol. The fourth-order valence-corrected chi connectivity index (χ4v) is 4.43. The molecule has 1 saturated heterocycles. The lowest BCUT2D eigenvalue weighted by Gasteiger charge is -2.34. The molecule has 0 radical (unpaired) electrons. The summed E-state index contributed by atoms with van der Waals surface area (Å²) in [5.74, 6) is 1.06. The van der Waals surface area contributed by atoms with E-state index in [9.17, 15) is 9.18 Å². The predicted molar refractivity (Wildman–Crippen MR) is 113 cm³/mol. The van der Waals surface area contributed by atoms with Crippen molar-refractivity contribution in [2.45, 2.75) is 38.1 Å². The number of likely N-dealkylation sites (tertiary alicyclic amines) is 1. The van der Waals surface area contributed by atoms with Crippen LogP contribution in [0.3, 0.4) is 0 Å². The van der Waals surface area contributed by atoms with Crippen molar-refractivity contribution < 1.29 is 9.18 Å². The molecule has 4 heterocycles. The Morgan fingerprint density at radius 3 is 2.91 bits per heavy atom. The number of hydrogen-bond donors (Lipinski definition) is 0. The van der Waals surface area contributed by atoms with Crippen molar-refractivity contribution in [3.8, 4) is 0 Å². The number of carbonyl (C=O) groups excluding carboxylic acids is 1. The maximum Gasteiger partial charge on any atom is 0.247 e. The number of tetrazole rings is 1. The Hall–Kier alpha value is -3.69. The van der Waals surface area contributed by atoms with Gasteiger partial charge in [0.25, 0.3) is 0 Å². The molecule has 32 heavy (non-hydrogen) atoms. The molecule has 1 aliphatic heterocycles. The number of aromatic nitrogens is 7. The number of nitrogens with zero attached hydrogens (tertiary/aromatic N) is 8. The molecule has 0 saturated carbocycles. The van der Waals surface area contributed by atoms with E-state index in [0.717, 1.165) is 29.9 Å². The van der Waals surface area contributed by atoms with Crippen LogP contribution in [0.1, 0.15) is 42.0 Å². The molecule has 0 aliphatic carbocycles. The van der Waals surface area contributed by atoms with E-state index < -0.39 is 6.04 Å². The van der Waals surface area contributed by atoms with E-state index in [-0.39, 0.29) is 17.6 Å². The van der Waals surface area contributed by atoms with Gasteiger partial charge in [-0.25, -0.2) is 9.07 Å². The Morgan fingerprint density at radius 2 is 2.09 bits per heavy atom. The van der Waals surface area contributed by atoms with Gasteiger partial charge in [0.05, 0.1) is 0 Å². The molecule has 4 aromatic rings. The zero-order valence-electron chi connectivity index (χ0n) is 17.7. The second-order valence-electron chi connectivity index (χ2n) is 8.13. The Morgan fingerprint density at radius 1 is 1.19 bits per heavy atom. The third kappa shape index (κ3) is 3.83. The smallest absolute Gasteiger partial charge is 0.247 e. The Balaban J connectivity index is 1.42. The highest BCUT2D eigenvalue weighted by molar-refractivity contribution is 5.81. The van der Waals surface area contributed by atoms with Gasteiger partial charge in [0.1, 0.15) is 23.5 Å². The number of benzene rings is 1. The lowest BCUT2D eigenvalue weighted by Crippen LogP contribution is -2.44. The first-order valence-electron chi connectivity index (χ1n) is 10.7. The highest BCUT2D eigenvalue weighted by atomic mass is 19.1. The van der Waals surface area contributed by atoms with Gasteiger partial charge in [0.15, 0.2) is 5.65 Å². The fraction of sp³-hybridized carbons (Fsp3) is 0.364. The number of rotatable bonds is 5. The van der Waals surface area contributed by atoms with Crippen molar-refractivity contribution in [1.29, 1.82) is 0 Å². The van der Waals surface area contributed by atoms with E-state index in [0.29, 0.717) is 25.3 Å². The number of piperidine rings is 1. The van der Waals surface area contributed by atoms with Gasteiger partial charge in [0.2, 0.25) is 5.91 Å². The van der Waals surface area contributed by atoms with Gasteiger partial charge in [-0.2, -0.15) is 0 Å². The molecular formula is C22H23FN8O. The zero-order valence-corrected chi connectivity index (χ0v) is 17.7. The van der Waals surface area contributed by atoms with E-state index in [4.69, 9.17) is 0 Å². The lowest BCUT2D eigenvalue weighted by atomic mass is 9.95. The van der Waals surface area contributed by atoms with Crippen LogP contribution < -0.4 is 0 Å². The number of aryl methyl sites for hydroxylation is 1. The summed E-state index contributed by atoms with van der Waals surface area (Å²) in [6.45, 7) is 2.94. The highest BCUT2D eigenvalue weighted by Gasteiger charge is 2.33. The minimum absolute atomic E-state index is 0.0786. The largest absolute Gasteiger partial charge is 0.340 e. The molecule has 1 aliphatic rings. The predicted octanol–water partition coefficient (Wildman–Crippen LogP) is 2.35. The number of fused-ring (bicyclic) bond motifs is 1. The molecule has 5 rings (SSSR count). The summed E-state index contributed by atoms with van der Waals surface area (Å²) in [6, 6.07) is 11.4. The Bertz CT molecular complexity index is 1250. The van der Waals surface area contributed by atoms with Crippen LogP contribution in [0.25, 0.3) is 5.65 Å². The summed E-state index contributed by atoms with van der Waals surface area (Å²) in [4.78, 5) is 15.5. The molecule has 0 spiro atoms. The van der Waals surface area contributed by atoms with Crippen molar-refractivity contribution in [1.82, 2.24) is 39.7 Å². The summed E-state index contributed by atoms with van der Waals surface area (Å²) in [5, 5.41) is 20.4. The van der Waals surface area contributed by atoms with Crippen molar-refractivity contribution in [3.63, 3.8) is 0 Å².